The normalized spacial score (nSPS) is 15.7. The SMILES string of the molecule is CC(C)(C)CCCCCCc1ccc(CCCCC2(OC=O)CC2)cc1. The summed E-state index contributed by atoms with van der Waals surface area (Å²) in [7, 11) is 0. The number of hydrogen-bond acceptors (Lipinski definition) is 2. The van der Waals surface area contributed by atoms with Crippen LogP contribution < -0.4 is 0 Å². The third-order valence-corrected chi connectivity index (χ3v) is 5.62. The first-order valence-electron chi connectivity index (χ1n) is 10.6. The standard InChI is InChI=1S/C24H38O2/c1-23(2,3)16-8-5-4-6-10-21-12-14-22(15-13-21)11-7-9-17-24(18-19-24)26-20-25/h12-15,20H,4-11,16-19H2,1-3H3. The van der Waals surface area contributed by atoms with Gasteiger partial charge in [0.2, 0.25) is 0 Å². The Labute approximate surface area is 160 Å². The zero-order valence-electron chi connectivity index (χ0n) is 17.2. The number of unbranched alkanes of at least 4 members (excludes halogenated alkanes) is 4. The van der Waals surface area contributed by atoms with Crippen molar-refractivity contribution in [1.29, 1.82) is 0 Å². The lowest BCUT2D eigenvalue weighted by Gasteiger charge is -2.17. The fourth-order valence-electron chi connectivity index (χ4n) is 3.66. The highest BCUT2D eigenvalue weighted by Crippen LogP contribution is 2.43. The van der Waals surface area contributed by atoms with Crippen LogP contribution >= 0.6 is 0 Å². The molecule has 0 N–H and O–H groups in total. The van der Waals surface area contributed by atoms with Gasteiger partial charge in [-0.25, -0.2) is 0 Å². The van der Waals surface area contributed by atoms with E-state index in [1.807, 2.05) is 0 Å². The van der Waals surface area contributed by atoms with Crippen LogP contribution in [0.2, 0.25) is 0 Å². The second-order valence-corrected chi connectivity index (χ2v) is 9.40. The van der Waals surface area contributed by atoms with Crippen LogP contribution in [-0.2, 0) is 22.4 Å². The number of benzene rings is 1. The lowest BCUT2D eigenvalue weighted by atomic mass is 9.89. The molecule has 0 amide bonds. The number of aryl methyl sites for hydroxylation is 2. The van der Waals surface area contributed by atoms with Crippen molar-refractivity contribution >= 4 is 6.47 Å². The quantitative estimate of drug-likeness (QED) is 0.292. The van der Waals surface area contributed by atoms with E-state index < -0.39 is 0 Å². The zero-order valence-corrected chi connectivity index (χ0v) is 17.2. The topological polar surface area (TPSA) is 26.3 Å². The molecular weight excluding hydrogens is 320 g/mol. The summed E-state index contributed by atoms with van der Waals surface area (Å²) in [5, 5.41) is 0. The summed E-state index contributed by atoms with van der Waals surface area (Å²) < 4.78 is 5.21. The molecule has 0 spiro atoms. The van der Waals surface area contributed by atoms with Crippen molar-refractivity contribution in [2.75, 3.05) is 0 Å². The highest BCUT2D eigenvalue weighted by molar-refractivity contribution is 5.39. The smallest absolute Gasteiger partial charge is 0.293 e. The van der Waals surface area contributed by atoms with Crippen molar-refractivity contribution in [2.45, 2.75) is 103 Å². The van der Waals surface area contributed by atoms with Crippen molar-refractivity contribution in [1.82, 2.24) is 0 Å². The molecule has 1 aliphatic carbocycles. The van der Waals surface area contributed by atoms with E-state index in [0.29, 0.717) is 11.9 Å². The Hall–Kier alpha value is -1.31. The predicted octanol–water partition coefficient (Wildman–Crippen LogP) is 6.64. The maximum atomic E-state index is 10.5. The van der Waals surface area contributed by atoms with Gasteiger partial charge in [0.15, 0.2) is 0 Å². The van der Waals surface area contributed by atoms with E-state index in [4.69, 9.17) is 4.74 Å². The number of carbonyl (C=O) groups is 1. The van der Waals surface area contributed by atoms with E-state index in [2.05, 4.69) is 45.0 Å². The van der Waals surface area contributed by atoms with Gasteiger partial charge in [-0.2, -0.15) is 0 Å². The van der Waals surface area contributed by atoms with E-state index in [-0.39, 0.29) is 5.60 Å². The van der Waals surface area contributed by atoms with Gasteiger partial charge < -0.3 is 4.74 Å². The minimum atomic E-state index is -0.0848. The third kappa shape index (κ3) is 8.38. The molecule has 0 atom stereocenters. The molecule has 2 heteroatoms. The van der Waals surface area contributed by atoms with Crippen LogP contribution in [-0.4, -0.2) is 12.1 Å². The largest absolute Gasteiger partial charge is 0.461 e. The minimum Gasteiger partial charge on any atom is -0.461 e. The molecule has 0 radical (unpaired) electrons. The van der Waals surface area contributed by atoms with Crippen LogP contribution in [0.15, 0.2) is 24.3 Å². The third-order valence-electron chi connectivity index (χ3n) is 5.62. The summed E-state index contributed by atoms with van der Waals surface area (Å²) in [6.45, 7) is 7.61. The molecule has 2 nitrogen and oxygen atoms in total. The lowest BCUT2D eigenvalue weighted by Crippen LogP contribution is -2.12. The molecule has 1 aromatic carbocycles. The van der Waals surface area contributed by atoms with Crippen molar-refractivity contribution in [3.63, 3.8) is 0 Å². The van der Waals surface area contributed by atoms with Crippen LogP contribution in [0, 0.1) is 5.41 Å². The maximum absolute atomic E-state index is 10.5. The Morgan fingerprint density at radius 3 is 1.92 bits per heavy atom. The zero-order chi connectivity index (χ0) is 18.9. The van der Waals surface area contributed by atoms with Crippen LogP contribution in [0.4, 0.5) is 0 Å². The molecule has 2 rings (SSSR count). The first-order valence-corrected chi connectivity index (χ1v) is 10.6. The molecule has 0 saturated heterocycles. The van der Waals surface area contributed by atoms with Crippen LogP contribution in [0.5, 0.6) is 0 Å². The van der Waals surface area contributed by atoms with Gasteiger partial charge >= 0.3 is 0 Å². The predicted molar refractivity (Wildman–Crippen MR) is 109 cm³/mol. The Kier molecular flexibility index (Phi) is 8.18. The summed E-state index contributed by atoms with van der Waals surface area (Å²) >= 11 is 0. The van der Waals surface area contributed by atoms with Crippen LogP contribution in [0.25, 0.3) is 0 Å². The second-order valence-electron chi connectivity index (χ2n) is 9.40. The van der Waals surface area contributed by atoms with Crippen molar-refractivity contribution in [3.8, 4) is 0 Å². The monoisotopic (exact) mass is 358 g/mol. The number of ether oxygens (including phenoxy) is 1. The lowest BCUT2D eigenvalue weighted by molar-refractivity contribution is -0.135. The van der Waals surface area contributed by atoms with Gasteiger partial charge in [0.1, 0.15) is 5.60 Å². The molecule has 0 unspecified atom stereocenters. The molecule has 0 bridgehead atoms. The molecule has 1 fully saturated rings. The highest BCUT2D eigenvalue weighted by Gasteiger charge is 2.44. The number of rotatable bonds is 13. The molecule has 1 aliphatic rings. The molecule has 0 aromatic heterocycles. The Balaban J connectivity index is 1.54. The van der Waals surface area contributed by atoms with E-state index in [1.54, 1.807) is 0 Å². The Morgan fingerprint density at radius 2 is 1.42 bits per heavy atom. The van der Waals surface area contributed by atoms with Gasteiger partial charge in [-0.15, -0.1) is 0 Å². The fourth-order valence-corrected chi connectivity index (χ4v) is 3.66. The van der Waals surface area contributed by atoms with Gasteiger partial charge in [0.05, 0.1) is 0 Å². The van der Waals surface area contributed by atoms with Crippen molar-refractivity contribution in [2.24, 2.45) is 5.41 Å². The summed E-state index contributed by atoms with van der Waals surface area (Å²) in [4.78, 5) is 10.5. The molecule has 146 valence electrons. The van der Waals surface area contributed by atoms with Crippen molar-refractivity contribution in [3.05, 3.63) is 35.4 Å². The summed E-state index contributed by atoms with van der Waals surface area (Å²) in [6, 6.07) is 9.21. The van der Waals surface area contributed by atoms with Gasteiger partial charge in [-0.1, -0.05) is 64.3 Å². The van der Waals surface area contributed by atoms with E-state index >= 15 is 0 Å². The van der Waals surface area contributed by atoms with Gasteiger partial charge in [-0.05, 0) is 74.3 Å². The molecule has 0 heterocycles. The Bertz CT molecular complexity index is 520. The Morgan fingerprint density at radius 1 is 0.885 bits per heavy atom. The summed E-state index contributed by atoms with van der Waals surface area (Å²) in [5.41, 5.74) is 3.30. The summed E-state index contributed by atoms with van der Waals surface area (Å²) in [5.74, 6) is 0. The maximum Gasteiger partial charge on any atom is 0.293 e. The second kappa shape index (κ2) is 10.1. The first kappa shape index (κ1) is 21.0. The first-order chi connectivity index (χ1) is 12.4. The van der Waals surface area contributed by atoms with E-state index in [0.717, 1.165) is 32.1 Å². The van der Waals surface area contributed by atoms with Gasteiger partial charge in [0, 0.05) is 0 Å². The van der Waals surface area contributed by atoms with E-state index in [9.17, 15) is 4.79 Å². The molecule has 26 heavy (non-hydrogen) atoms. The minimum absolute atomic E-state index is 0.0848. The summed E-state index contributed by atoms with van der Waals surface area (Å²) in [6.07, 6.45) is 14.5. The molecule has 1 aromatic rings. The molecule has 1 saturated carbocycles. The molecular formula is C24H38O2. The number of hydrogen-bond donors (Lipinski definition) is 0. The average Bonchev–Trinajstić information content (AvgIpc) is 3.35. The van der Waals surface area contributed by atoms with Gasteiger partial charge in [0.25, 0.3) is 6.47 Å². The molecule has 0 aliphatic heterocycles. The highest BCUT2D eigenvalue weighted by atomic mass is 16.5. The van der Waals surface area contributed by atoms with E-state index in [1.165, 1.54) is 56.1 Å². The fraction of sp³-hybridized carbons (Fsp3) is 0.708. The van der Waals surface area contributed by atoms with Crippen LogP contribution in [0.1, 0.15) is 96.1 Å². The number of carbonyl (C=O) groups excluding carboxylic acids is 1. The van der Waals surface area contributed by atoms with Crippen LogP contribution in [0.3, 0.4) is 0 Å². The van der Waals surface area contributed by atoms with Crippen molar-refractivity contribution < 1.29 is 9.53 Å². The average molecular weight is 359 g/mol. The van der Waals surface area contributed by atoms with Gasteiger partial charge in [-0.3, -0.25) is 4.79 Å².